The Hall–Kier alpha value is -2.97. The molecule has 9 nitrogen and oxygen atoms in total. The van der Waals surface area contributed by atoms with Gasteiger partial charge in [-0.3, -0.25) is 19.3 Å². The van der Waals surface area contributed by atoms with Crippen LogP contribution in [0, 0.1) is 0 Å². The smallest absolute Gasteiger partial charge is 0.331 e. The maximum absolute atomic E-state index is 11.7. The minimum atomic E-state index is -1.19. The van der Waals surface area contributed by atoms with Gasteiger partial charge in [0.05, 0.1) is 6.42 Å². The number of hydrogen-bond donors (Lipinski definition) is 0. The molecule has 128 valence electrons. The number of esters is 2. The fourth-order valence-electron chi connectivity index (χ4n) is 2.21. The van der Waals surface area contributed by atoms with Crippen molar-refractivity contribution in [2.24, 2.45) is 0 Å². The number of carbonyl (C=O) groups excluding carboxylic acids is 5. The number of imide groups is 1. The topological polar surface area (TPSA) is 110 Å². The number of hydrogen-bond acceptors (Lipinski definition) is 7. The molecule has 2 heterocycles. The van der Waals surface area contributed by atoms with Gasteiger partial charge in [0, 0.05) is 38.4 Å². The van der Waals surface area contributed by atoms with Crippen LogP contribution >= 0.6 is 0 Å². The highest BCUT2D eigenvalue weighted by atomic mass is 16.6. The summed E-state index contributed by atoms with van der Waals surface area (Å²) in [6.07, 6.45) is -0.644. The van der Waals surface area contributed by atoms with Gasteiger partial charge in [0.2, 0.25) is 5.91 Å². The van der Waals surface area contributed by atoms with E-state index >= 15 is 0 Å². The van der Waals surface area contributed by atoms with E-state index in [1.54, 1.807) is 0 Å². The maximum Gasteiger partial charge on any atom is 0.331 e. The molecule has 3 amide bonds. The lowest BCUT2D eigenvalue weighted by molar-refractivity contribution is -0.153. The molecule has 0 aromatic heterocycles. The van der Waals surface area contributed by atoms with E-state index in [0.717, 1.165) is 17.1 Å². The van der Waals surface area contributed by atoms with E-state index in [1.165, 1.54) is 19.0 Å². The van der Waals surface area contributed by atoms with E-state index in [0.29, 0.717) is 5.70 Å². The summed E-state index contributed by atoms with van der Waals surface area (Å²) in [7, 11) is 2.80. The fourth-order valence-corrected chi connectivity index (χ4v) is 2.21. The normalized spacial score (nSPS) is 24.2. The van der Waals surface area contributed by atoms with Crippen LogP contribution in [0.1, 0.15) is 12.8 Å². The van der Waals surface area contributed by atoms with Gasteiger partial charge < -0.3 is 14.4 Å². The molecule has 2 saturated heterocycles. The second kappa shape index (κ2) is 6.65. The molecule has 0 aromatic rings. The average Bonchev–Trinajstić information content (AvgIpc) is 2.90. The molecule has 2 aliphatic rings. The minimum Gasteiger partial charge on any atom is -0.449 e. The highest BCUT2D eigenvalue weighted by Crippen LogP contribution is 2.21. The standard InChI is InChI=1S/C15H16N2O7/c1-8-6-9(14(21)16(8)2)23-12(19)4-5-13(20)24-10-7-11(18)17(3)15(10)22/h4-5,9-10H,1,6-7H2,2-3H3/b5-4+/t9-,10-/m0/s1. The Balaban J connectivity index is 1.85. The van der Waals surface area contributed by atoms with E-state index in [9.17, 15) is 24.0 Å². The van der Waals surface area contributed by atoms with Crippen LogP contribution in [0.2, 0.25) is 0 Å². The molecular weight excluding hydrogens is 320 g/mol. The number of ether oxygens (including phenoxy) is 2. The van der Waals surface area contributed by atoms with E-state index < -0.39 is 41.9 Å². The van der Waals surface area contributed by atoms with Crippen molar-refractivity contribution in [2.75, 3.05) is 14.1 Å². The molecule has 0 bridgehead atoms. The lowest BCUT2D eigenvalue weighted by Gasteiger charge is -2.10. The summed E-state index contributed by atoms with van der Waals surface area (Å²) in [4.78, 5) is 59.9. The summed E-state index contributed by atoms with van der Waals surface area (Å²) in [6, 6.07) is 0. The molecule has 0 aliphatic carbocycles. The molecular formula is C15H16N2O7. The minimum absolute atomic E-state index is 0.185. The van der Waals surface area contributed by atoms with E-state index in [2.05, 4.69) is 6.58 Å². The van der Waals surface area contributed by atoms with Crippen molar-refractivity contribution in [3.8, 4) is 0 Å². The SMILES string of the molecule is C=C1C[C@H](OC(=O)/C=C/C(=O)O[C@H]2CC(=O)N(C)C2=O)C(=O)N1C. The van der Waals surface area contributed by atoms with Crippen LogP contribution in [0.3, 0.4) is 0 Å². The predicted octanol–water partition coefficient (Wildman–Crippen LogP) is -0.869. The Bertz CT molecular complexity index is 611. The second-order valence-electron chi connectivity index (χ2n) is 5.35. The third-order valence-electron chi connectivity index (χ3n) is 3.71. The van der Waals surface area contributed by atoms with E-state index in [4.69, 9.17) is 9.47 Å². The molecule has 0 N–H and O–H groups in total. The summed E-state index contributed by atoms with van der Waals surface area (Å²) in [6.45, 7) is 3.65. The summed E-state index contributed by atoms with van der Waals surface area (Å²) in [5.74, 6) is -3.35. The quantitative estimate of drug-likeness (QED) is 0.373. The van der Waals surface area contributed by atoms with Gasteiger partial charge in [0.1, 0.15) is 0 Å². The van der Waals surface area contributed by atoms with Crippen LogP contribution in [-0.4, -0.2) is 65.8 Å². The molecule has 0 spiro atoms. The van der Waals surface area contributed by atoms with Crippen LogP contribution in [0.15, 0.2) is 24.4 Å². The van der Waals surface area contributed by atoms with Crippen molar-refractivity contribution < 1.29 is 33.4 Å². The zero-order valence-corrected chi connectivity index (χ0v) is 13.2. The molecule has 24 heavy (non-hydrogen) atoms. The fraction of sp³-hybridized carbons (Fsp3) is 0.400. The Labute approximate surface area is 137 Å². The highest BCUT2D eigenvalue weighted by Gasteiger charge is 2.38. The number of likely N-dealkylation sites (N-methyl/N-ethyl adjacent to an activating group) is 2. The first-order chi connectivity index (χ1) is 11.2. The number of nitrogens with zero attached hydrogens (tertiary/aromatic N) is 2. The molecule has 2 rings (SSSR count). The Morgan fingerprint density at radius 2 is 1.42 bits per heavy atom. The Kier molecular flexibility index (Phi) is 4.82. The second-order valence-corrected chi connectivity index (χ2v) is 5.35. The van der Waals surface area contributed by atoms with E-state index in [1.807, 2.05) is 0 Å². The van der Waals surface area contributed by atoms with Crippen molar-refractivity contribution in [3.63, 3.8) is 0 Å². The van der Waals surface area contributed by atoms with Gasteiger partial charge in [-0.05, 0) is 0 Å². The Morgan fingerprint density at radius 1 is 0.958 bits per heavy atom. The monoisotopic (exact) mass is 336 g/mol. The number of carbonyl (C=O) groups is 5. The number of rotatable bonds is 4. The van der Waals surface area contributed by atoms with Gasteiger partial charge in [-0.2, -0.15) is 0 Å². The van der Waals surface area contributed by atoms with Crippen molar-refractivity contribution in [2.45, 2.75) is 25.0 Å². The summed E-state index contributed by atoms with van der Waals surface area (Å²) in [5.41, 5.74) is 0.523. The molecule has 2 atom stereocenters. The predicted molar refractivity (Wildman–Crippen MR) is 77.8 cm³/mol. The van der Waals surface area contributed by atoms with Crippen LogP contribution in [0.4, 0.5) is 0 Å². The molecule has 0 unspecified atom stereocenters. The molecule has 0 aromatic carbocycles. The van der Waals surface area contributed by atoms with Gasteiger partial charge >= 0.3 is 11.9 Å². The van der Waals surface area contributed by atoms with Crippen LogP contribution in [-0.2, 0) is 33.4 Å². The zero-order chi connectivity index (χ0) is 18.0. The van der Waals surface area contributed by atoms with Gasteiger partial charge in [0.25, 0.3) is 11.8 Å². The van der Waals surface area contributed by atoms with Crippen molar-refractivity contribution in [3.05, 3.63) is 24.4 Å². The first-order valence-corrected chi connectivity index (χ1v) is 7.05. The van der Waals surface area contributed by atoms with Crippen LogP contribution in [0.5, 0.6) is 0 Å². The van der Waals surface area contributed by atoms with Crippen LogP contribution < -0.4 is 0 Å². The van der Waals surface area contributed by atoms with Gasteiger partial charge in [-0.1, -0.05) is 6.58 Å². The highest BCUT2D eigenvalue weighted by molar-refractivity contribution is 6.06. The largest absolute Gasteiger partial charge is 0.449 e. The van der Waals surface area contributed by atoms with Crippen molar-refractivity contribution >= 4 is 29.7 Å². The lowest BCUT2D eigenvalue weighted by Crippen LogP contribution is -2.30. The van der Waals surface area contributed by atoms with Crippen LogP contribution in [0.25, 0.3) is 0 Å². The maximum atomic E-state index is 11.7. The average molecular weight is 336 g/mol. The third-order valence-corrected chi connectivity index (χ3v) is 3.71. The zero-order valence-electron chi connectivity index (χ0n) is 13.2. The van der Waals surface area contributed by atoms with Crippen molar-refractivity contribution in [1.29, 1.82) is 0 Å². The van der Waals surface area contributed by atoms with Gasteiger partial charge in [0.15, 0.2) is 12.2 Å². The first-order valence-electron chi connectivity index (χ1n) is 7.05. The summed E-state index contributed by atoms with van der Waals surface area (Å²) in [5, 5.41) is 0. The third kappa shape index (κ3) is 3.50. The van der Waals surface area contributed by atoms with Crippen molar-refractivity contribution in [1.82, 2.24) is 9.80 Å². The molecule has 2 fully saturated rings. The lowest BCUT2D eigenvalue weighted by atomic mass is 10.3. The first kappa shape index (κ1) is 17.4. The van der Waals surface area contributed by atoms with Gasteiger partial charge in [-0.15, -0.1) is 0 Å². The summed E-state index contributed by atoms with van der Waals surface area (Å²) < 4.78 is 9.73. The molecule has 0 saturated carbocycles. The molecule has 9 heteroatoms. The van der Waals surface area contributed by atoms with Gasteiger partial charge in [-0.25, -0.2) is 9.59 Å². The summed E-state index contributed by atoms with van der Waals surface area (Å²) >= 11 is 0. The van der Waals surface area contributed by atoms with E-state index in [-0.39, 0.29) is 12.8 Å². The number of amides is 3. The molecule has 0 radical (unpaired) electrons. The molecule has 2 aliphatic heterocycles. The number of likely N-dealkylation sites (tertiary alicyclic amines) is 2. The Morgan fingerprint density at radius 3 is 1.79 bits per heavy atom.